The molecule has 3 aromatic rings. The van der Waals surface area contributed by atoms with Crippen molar-refractivity contribution in [1.29, 1.82) is 0 Å². The van der Waals surface area contributed by atoms with Crippen molar-refractivity contribution in [1.82, 2.24) is 9.55 Å². The zero-order valence-electron chi connectivity index (χ0n) is 19.3. The van der Waals surface area contributed by atoms with Crippen LogP contribution in [0.3, 0.4) is 0 Å². The number of methoxy groups -OCH3 is 1. The fraction of sp³-hybridized carbons (Fsp3) is 0.292. The molecule has 0 saturated heterocycles. The first-order chi connectivity index (χ1) is 16.8. The molecule has 0 unspecified atom stereocenters. The molecule has 9 nitrogen and oxygen atoms in total. The van der Waals surface area contributed by atoms with E-state index < -0.39 is 35.4 Å². The summed E-state index contributed by atoms with van der Waals surface area (Å²) in [6, 6.07) is 9.49. The van der Waals surface area contributed by atoms with Gasteiger partial charge >= 0.3 is 5.69 Å². The Bertz CT molecular complexity index is 1320. The second-order valence-electron chi connectivity index (χ2n) is 7.65. The number of carbonyl (C=O) groups excluding carboxylic acids is 1. The van der Waals surface area contributed by atoms with E-state index in [4.69, 9.17) is 15.2 Å². The van der Waals surface area contributed by atoms with Crippen molar-refractivity contribution in [2.24, 2.45) is 0 Å². The Labute approximate surface area is 199 Å². The van der Waals surface area contributed by atoms with Crippen LogP contribution in [0.15, 0.2) is 52.1 Å². The lowest BCUT2D eigenvalue weighted by Crippen LogP contribution is -2.42. The second-order valence-corrected chi connectivity index (χ2v) is 7.65. The van der Waals surface area contributed by atoms with Crippen LogP contribution in [0, 0.1) is 11.6 Å². The number of anilines is 2. The SMILES string of the molecule is CCCCn1c(N)c(N(Cc2ccccc2OC)C(=O)COc2ccc(F)cc2F)c(=O)[nH]c1=O. The third-order valence-electron chi connectivity index (χ3n) is 5.29. The first-order valence-corrected chi connectivity index (χ1v) is 10.9. The maximum absolute atomic E-state index is 14.0. The number of hydrogen-bond acceptors (Lipinski definition) is 6. The van der Waals surface area contributed by atoms with Crippen LogP contribution in [0.5, 0.6) is 11.5 Å². The summed E-state index contributed by atoms with van der Waals surface area (Å²) in [7, 11) is 1.46. The van der Waals surface area contributed by atoms with Crippen molar-refractivity contribution in [3.05, 3.63) is 80.5 Å². The molecule has 11 heteroatoms. The number of carbonyl (C=O) groups is 1. The van der Waals surface area contributed by atoms with E-state index in [1.807, 2.05) is 6.92 Å². The maximum atomic E-state index is 14.0. The number of nitrogens with one attached hydrogen (secondary N) is 1. The van der Waals surface area contributed by atoms with E-state index in [1.54, 1.807) is 24.3 Å². The Morgan fingerprint density at radius 3 is 2.57 bits per heavy atom. The fourth-order valence-corrected chi connectivity index (χ4v) is 3.48. The van der Waals surface area contributed by atoms with Crippen molar-refractivity contribution in [3.8, 4) is 11.5 Å². The van der Waals surface area contributed by atoms with Gasteiger partial charge in [0.25, 0.3) is 11.5 Å². The summed E-state index contributed by atoms with van der Waals surface area (Å²) in [5.74, 6) is -2.62. The Kier molecular flexibility index (Phi) is 8.24. The van der Waals surface area contributed by atoms with Crippen molar-refractivity contribution < 1.29 is 23.0 Å². The number of hydrogen-bond donors (Lipinski definition) is 2. The first kappa shape index (κ1) is 25.5. The maximum Gasteiger partial charge on any atom is 0.330 e. The summed E-state index contributed by atoms with van der Waals surface area (Å²) < 4.78 is 39.0. The number of nitrogens with two attached hydrogens (primary N) is 1. The minimum Gasteiger partial charge on any atom is -0.496 e. The normalized spacial score (nSPS) is 10.7. The van der Waals surface area contributed by atoms with Gasteiger partial charge in [-0.05, 0) is 24.6 Å². The smallest absolute Gasteiger partial charge is 0.330 e. The van der Waals surface area contributed by atoms with E-state index in [0.29, 0.717) is 23.8 Å². The number of benzene rings is 2. The predicted octanol–water partition coefficient (Wildman–Crippen LogP) is 2.82. The highest BCUT2D eigenvalue weighted by Gasteiger charge is 2.26. The van der Waals surface area contributed by atoms with Crippen LogP contribution >= 0.6 is 0 Å². The van der Waals surface area contributed by atoms with E-state index in [-0.39, 0.29) is 30.3 Å². The molecule has 3 N–H and O–H groups in total. The van der Waals surface area contributed by atoms with Crippen molar-refractivity contribution in [3.63, 3.8) is 0 Å². The molecule has 35 heavy (non-hydrogen) atoms. The zero-order chi connectivity index (χ0) is 25.5. The molecule has 1 aromatic heterocycles. The number of aromatic nitrogens is 2. The van der Waals surface area contributed by atoms with Gasteiger partial charge in [0.05, 0.1) is 13.7 Å². The molecule has 0 radical (unpaired) electrons. The monoisotopic (exact) mass is 488 g/mol. The minimum absolute atomic E-state index is 0.155. The molecule has 1 amide bonds. The standard InChI is InChI=1S/C24H26F2N4O5/c1-3-4-11-29-22(27)21(23(32)28-24(29)33)30(13-15-7-5-6-8-18(15)34-2)20(31)14-35-19-10-9-16(25)12-17(19)26/h5-10,12H,3-4,11,13-14,27H2,1-2H3,(H,28,32,33). The summed E-state index contributed by atoms with van der Waals surface area (Å²) in [5, 5.41) is 0. The molecule has 2 aromatic carbocycles. The van der Waals surface area contributed by atoms with Gasteiger partial charge in [0.1, 0.15) is 17.4 Å². The van der Waals surface area contributed by atoms with Gasteiger partial charge in [-0.25, -0.2) is 13.6 Å². The molecule has 186 valence electrons. The molecule has 3 rings (SSSR count). The fourth-order valence-electron chi connectivity index (χ4n) is 3.48. The van der Waals surface area contributed by atoms with Crippen LogP contribution in [0.2, 0.25) is 0 Å². The highest BCUT2D eigenvalue weighted by atomic mass is 19.1. The number of halogens is 2. The largest absolute Gasteiger partial charge is 0.496 e. The van der Waals surface area contributed by atoms with Crippen LogP contribution in [-0.4, -0.2) is 29.2 Å². The van der Waals surface area contributed by atoms with Gasteiger partial charge in [-0.1, -0.05) is 31.5 Å². The van der Waals surface area contributed by atoms with E-state index in [9.17, 15) is 23.2 Å². The van der Waals surface area contributed by atoms with Crippen molar-refractivity contribution in [2.45, 2.75) is 32.9 Å². The summed E-state index contributed by atoms with van der Waals surface area (Å²) in [6.07, 6.45) is 1.38. The summed E-state index contributed by atoms with van der Waals surface area (Å²) in [6.45, 7) is 1.32. The minimum atomic E-state index is -0.987. The molecule has 1 heterocycles. The molecular weight excluding hydrogens is 462 g/mol. The van der Waals surface area contributed by atoms with Crippen LogP contribution < -0.4 is 31.4 Å². The number of nitrogen functional groups attached to an aromatic ring is 1. The summed E-state index contributed by atoms with van der Waals surface area (Å²) in [4.78, 5) is 41.7. The quantitative estimate of drug-likeness (QED) is 0.453. The van der Waals surface area contributed by atoms with E-state index in [1.165, 1.54) is 11.7 Å². The van der Waals surface area contributed by atoms with Gasteiger partial charge in [-0.3, -0.25) is 24.0 Å². The van der Waals surface area contributed by atoms with Gasteiger partial charge in [-0.15, -0.1) is 0 Å². The summed E-state index contributed by atoms with van der Waals surface area (Å²) in [5.41, 5.74) is 4.95. The Morgan fingerprint density at radius 1 is 1.14 bits per heavy atom. The van der Waals surface area contributed by atoms with Gasteiger partial charge in [0.2, 0.25) is 0 Å². The van der Waals surface area contributed by atoms with Crippen LogP contribution in [0.4, 0.5) is 20.3 Å². The molecule has 0 aliphatic heterocycles. The van der Waals surface area contributed by atoms with E-state index >= 15 is 0 Å². The number of rotatable bonds is 10. The molecule has 0 aliphatic rings. The Hall–Kier alpha value is -4.15. The lowest BCUT2D eigenvalue weighted by atomic mass is 10.1. The summed E-state index contributed by atoms with van der Waals surface area (Å²) >= 11 is 0. The highest BCUT2D eigenvalue weighted by Crippen LogP contribution is 2.25. The van der Waals surface area contributed by atoms with Gasteiger partial charge in [-0.2, -0.15) is 0 Å². The zero-order valence-corrected chi connectivity index (χ0v) is 19.3. The number of amides is 1. The molecule has 0 fully saturated rings. The first-order valence-electron chi connectivity index (χ1n) is 10.9. The van der Waals surface area contributed by atoms with Gasteiger partial charge < -0.3 is 15.2 Å². The number of nitrogens with zero attached hydrogens (tertiary/aromatic N) is 2. The van der Waals surface area contributed by atoms with Crippen molar-refractivity contribution in [2.75, 3.05) is 24.4 Å². The second kappa shape index (κ2) is 11.3. The van der Waals surface area contributed by atoms with Crippen LogP contribution in [0.25, 0.3) is 0 Å². The van der Waals surface area contributed by atoms with Gasteiger partial charge in [0, 0.05) is 18.2 Å². The molecule has 0 atom stereocenters. The third-order valence-corrected chi connectivity index (χ3v) is 5.29. The molecule has 0 aliphatic carbocycles. The molecular formula is C24H26F2N4O5. The van der Waals surface area contributed by atoms with Crippen LogP contribution in [-0.2, 0) is 17.9 Å². The third kappa shape index (κ3) is 5.86. The number of H-pyrrole nitrogens is 1. The lowest BCUT2D eigenvalue weighted by molar-refractivity contribution is -0.120. The Morgan fingerprint density at radius 2 is 1.89 bits per heavy atom. The van der Waals surface area contributed by atoms with E-state index in [0.717, 1.165) is 23.5 Å². The highest BCUT2D eigenvalue weighted by molar-refractivity contribution is 5.96. The Balaban J connectivity index is 2.04. The number of ether oxygens (including phenoxy) is 2. The average Bonchev–Trinajstić information content (AvgIpc) is 2.82. The van der Waals surface area contributed by atoms with Crippen LogP contribution in [0.1, 0.15) is 25.3 Å². The number of aromatic amines is 1. The average molecular weight is 488 g/mol. The lowest BCUT2D eigenvalue weighted by Gasteiger charge is -2.25. The van der Waals surface area contributed by atoms with Crippen molar-refractivity contribution >= 4 is 17.4 Å². The molecule has 0 saturated carbocycles. The molecule has 0 spiro atoms. The van der Waals surface area contributed by atoms with Gasteiger partial charge in [0.15, 0.2) is 23.9 Å². The predicted molar refractivity (Wildman–Crippen MR) is 127 cm³/mol. The number of para-hydroxylation sites is 1. The molecule has 0 bridgehead atoms. The van der Waals surface area contributed by atoms with E-state index in [2.05, 4.69) is 4.98 Å². The topological polar surface area (TPSA) is 120 Å². The number of unbranched alkanes of at least 4 members (excludes halogenated alkanes) is 1.